The highest BCUT2D eigenvalue weighted by molar-refractivity contribution is 5.67. The van der Waals surface area contributed by atoms with E-state index in [0.29, 0.717) is 5.56 Å². The zero-order valence-electron chi connectivity index (χ0n) is 9.78. The van der Waals surface area contributed by atoms with Gasteiger partial charge in [0.05, 0.1) is 6.20 Å². The topological polar surface area (TPSA) is 24.9 Å². The summed E-state index contributed by atoms with van der Waals surface area (Å²) >= 11 is 0. The van der Waals surface area contributed by atoms with Crippen LogP contribution in [0.4, 0.5) is 4.39 Å². The molecule has 0 radical (unpaired) electrons. The molecule has 1 N–H and O–H groups in total. The third kappa shape index (κ3) is 2.68. The maximum absolute atomic E-state index is 13.7. The second kappa shape index (κ2) is 5.55. The van der Waals surface area contributed by atoms with Crippen LogP contribution in [0.2, 0.25) is 0 Å². The SMILES string of the molecule is CCNCc1ccccc1-c1ccncc1F. The van der Waals surface area contributed by atoms with Crippen molar-refractivity contribution in [2.75, 3.05) is 6.54 Å². The molecule has 0 amide bonds. The number of nitrogens with one attached hydrogen (secondary N) is 1. The predicted molar refractivity (Wildman–Crippen MR) is 67.0 cm³/mol. The van der Waals surface area contributed by atoms with Crippen LogP contribution in [0.25, 0.3) is 11.1 Å². The lowest BCUT2D eigenvalue weighted by molar-refractivity contribution is 0.624. The summed E-state index contributed by atoms with van der Waals surface area (Å²) in [5, 5.41) is 3.26. The van der Waals surface area contributed by atoms with E-state index in [1.807, 2.05) is 24.3 Å². The van der Waals surface area contributed by atoms with Crippen molar-refractivity contribution >= 4 is 0 Å². The normalized spacial score (nSPS) is 10.5. The maximum Gasteiger partial charge on any atom is 0.149 e. The summed E-state index contributed by atoms with van der Waals surface area (Å²) in [6.45, 7) is 3.69. The second-order valence-corrected chi connectivity index (χ2v) is 3.79. The van der Waals surface area contributed by atoms with Gasteiger partial charge in [0.15, 0.2) is 0 Å². The molecule has 0 spiro atoms. The molecule has 0 aliphatic heterocycles. The molecular formula is C14H15FN2. The van der Waals surface area contributed by atoms with Crippen LogP contribution in [-0.2, 0) is 6.54 Å². The van der Waals surface area contributed by atoms with Gasteiger partial charge in [0, 0.05) is 18.3 Å². The van der Waals surface area contributed by atoms with E-state index in [9.17, 15) is 4.39 Å². The van der Waals surface area contributed by atoms with Gasteiger partial charge in [0.1, 0.15) is 5.82 Å². The van der Waals surface area contributed by atoms with Crippen molar-refractivity contribution in [1.82, 2.24) is 10.3 Å². The molecule has 1 aromatic carbocycles. The molecule has 2 nitrogen and oxygen atoms in total. The van der Waals surface area contributed by atoms with Crippen LogP contribution in [-0.4, -0.2) is 11.5 Å². The second-order valence-electron chi connectivity index (χ2n) is 3.79. The molecule has 3 heteroatoms. The smallest absolute Gasteiger partial charge is 0.149 e. The zero-order valence-corrected chi connectivity index (χ0v) is 9.78. The van der Waals surface area contributed by atoms with Crippen molar-refractivity contribution < 1.29 is 4.39 Å². The summed E-state index contributed by atoms with van der Waals surface area (Å²) in [5.74, 6) is -0.281. The predicted octanol–water partition coefficient (Wildman–Crippen LogP) is 3.00. The van der Waals surface area contributed by atoms with E-state index in [0.717, 1.165) is 24.2 Å². The Labute approximate surface area is 101 Å². The number of benzene rings is 1. The van der Waals surface area contributed by atoms with Crippen LogP contribution in [0, 0.1) is 5.82 Å². The van der Waals surface area contributed by atoms with E-state index < -0.39 is 0 Å². The van der Waals surface area contributed by atoms with Crippen LogP contribution in [0.15, 0.2) is 42.7 Å². The summed E-state index contributed by atoms with van der Waals surface area (Å²) in [6, 6.07) is 9.54. The van der Waals surface area contributed by atoms with Gasteiger partial charge in [-0.2, -0.15) is 0 Å². The highest BCUT2D eigenvalue weighted by Gasteiger charge is 2.08. The first kappa shape index (κ1) is 11.7. The fraction of sp³-hybridized carbons (Fsp3) is 0.214. The fourth-order valence-corrected chi connectivity index (χ4v) is 1.79. The van der Waals surface area contributed by atoms with E-state index in [1.54, 1.807) is 12.3 Å². The van der Waals surface area contributed by atoms with Crippen molar-refractivity contribution in [1.29, 1.82) is 0 Å². The van der Waals surface area contributed by atoms with Gasteiger partial charge < -0.3 is 5.32 Å². The average molecular weight is 230 g/mol. The lowest BCUT2D eigenvalue weighted by Crippen LogP contribution is -2.12. The Balaban J connectivity index is 2.41. The molecule has 0 saturated carbocycles. The molecule has 17 heavy (non-hydrogen) atoms. The van der Waals surface area contributed by atoms with E-state index in [-0.39, 0.29) is 5.82 Å². The Bertz CT molecular complexity index is 497. The third-order valence-corrected chi connectivity index (χ3v) is 2.65. The molecule has 0 atom stereocenters. The van der Waals surface area contributed by atoms with Crippen molar-refractivity contribution in [3.8, 4) is 11.1 Å². The molecule has 2 rings (SSSR count). The van der Waals surface area contributed by atoms with Gasteiger partial charge in [0.2, 0.25) is 0 Å². The van der Waals surface area contributed by atoms with Gasteiger partial charge in [0.25, 0.3) is 0 Å². The minimum Gasteiger partial charge on any atom is -0.313 e. The molecule has 0 aliphatic rings. The van der Waals surface area contributed by atoms with Crippen molar-refractivity contribution in [3.63, 3.8) is 0 Å². The number of rotatable bonds is 4. The molecule has 88 valence electrons. The monoisotopic (exact) mass is 230 g/mol. The summed E-state index contributed by atoms with van der Waals surface area (Å²) in [7, 11) is 0. The number of nitrogens with zero attached hydrogens (tertiary/aromatic N) is 1. The van der Waals surface area contributed by atoms with Crippen LogP contribution in [0.1, 0.15) is 12.5 Å². The molecule has 0 unspecified atom stereocenters. The van der Waals surface area contributed by atoms with Gasteiger partial charge in [-0.05, 0) is 23.7 Å². The zero-order chi connectivity index (χ0) is 12.1. The van der Waals surface area contributed by atoms with Gasteiger partial charge >= 0.3 is 0 Å². The summed E-state index contributed by atoms with van der Waals surface area (Å²) in [5.41, 5.74) is 2.63. The Morgan fingerprint density at radius 3 is 2.76 bits per heavy atom. The molecule has 0 saturated heterocycles. The van der Waals surface area contributed by atoms with E-state index in [2.05, 4.69) is 17.2 Å². The van der Waals surface area contributed by atoms with E-state index >= 15 is 0 Å². The van der Waals surface area contributed by atoms with Crippen molar-refractivity contribution in [2.24, 2.45) is 0 Å². The minimum atomic E-state index is -0.281. The van der Waals surface area contributed by atoms with Gasteiger partial charge in [-0.25, -0.2) is 4.39 Å². The van der Waals surface area contributed by atoms with Crippen molar-refractivity contribution in [3.05, 3.63) is 54.1 Å². The highest BCUT2D eigenvalue weighted by Crippen LogP contribution is 2.25. The Morgan fingerprint density at radius 1 is 1.18 bits per heavy atom. The Kier molecular flexibility index (Phi) is 3.83. The minimum absolute atomic E-state index is 0.281. The fourth-order valence-electron chi connectivity index (χ4n) is 1.79. The van der Waals surface area contributed by atoms with Crippen LogP contribution in [0.5, 0.6) is 0 Å². The number of pyridine rings is 1. The highest BCUT2D eigenvalue weighted by atomic mass is 19.1. The summed E-state index contributed by atoms with van der Waals surface area (Å²) < 4.78 is 13.7. The number of halogens is 1. The van der Waals surface area contributed by atoms with Crippen LogP contribution < -0.4 is 5.32 Å². The number of hydrogen-bond acceptors (Lipinski definition) is 2. The molecule has 1 heterocycles. The molecule has 1 aromatic heterocycles. The van der Waals surface area contributed by atoms with Gasteiger partial charge in [-0.1, -0.05) is 31.2 Å². The van der Waals surface area contributed by atoms with Gasteiger partial charge in [-0.15, -0.1) is 0 Å². The molecule has 0 fully saturated rings. The first-order valence-corrected chi connectivity index (χ1v) is 5.71. The Morgan fingerprint density at radius 2 is 2.00 bits per heavy atom. The van der Waals surface area contributed by atoms with Crippen molar-refractivity contribution in [2.45, 2.75) is 13.5 Å². The molecular weight excluding hydrogens is 215 g/mol. The molecule has 0 aliphatic carbocycles. The summed E-state index contributed by atoms with van der Waals surface area (Å²) in [4.78, 5) is 3.77. The Hall–Kier alpha value is -1.74. The van der Waals surface area contributed by atoms with E-state index in [4.69, 9.17) is 0 Å². The maximum atomic E-state index is 13.7. The average Bonchev–Trinajstić information content (AvgIpc) is 2.37. The lowest BCUT2D eigenvalue weighted by atomic mass is 10.0. The van der Waals surface area contributed by atoms with Crippen LogP contribution >= 0.6 is 0 Å². The number of hydrogen-bond donors (Lipinski definition) is 1. The molecule has 0 bridgehead atoms. The third-order valence-electron chi connectivity index (χ3n) is 2.65. The standard InChI is InChI=1S/C14H15FN2/c1-2-16-9-11-5-3-4-6-12(11)13-7-8-17-10-14(13)15/h3-8,10,16H,2,9H2,1H3. The first-order chi connectivity index (χ1) is 8.33. The molecule has 2 aromatic rings. The first-order valence-electron chi connectivity index (χ1n) is 5.71. The van der Waals surface area contributed by atoms with Gasteiger partial charge in [-0.3, -0.25) is 4.98 Å². The summed E-state index contributed by atoms with van der Waals surface area (Å²) in [6.07, 6.45) is 2.86. The number of aromatic nitrogens is 1. The van der Waals surface area contributed by atoms with Crippen LogP contribution in [0.3, 0.4) is 0 Å². The van der Waals surface area contributed by atoms with E-state index in [1.165, 1.54) is 6.20 Å². The lowest BCUT2D eigenvalue weighted by Gasteiger charge is -2.10. The quantitative estimate of drug-likeness (QED) is 0.873. The largest absolute Gasteiger partial charge is 0.313 e.